The maximum Gasteiger partial charge on any atom is 0.171 e. The Morgan fingerprint density at radius 3 is 2.73 bits per heavy atom. The number of benzene rings is 1. The topological polar surface area (TPSA) is 58.6 Å². The summed E-state index contributed by atoms with van der Waals surface area (Å²) in [6.07, 6.45) is 0. The van der Waals surface area contributed by atoms with Crippen LogP contribution in [0.4, 0.5) is 0 Å². The number of amidine groups is 1. The first kappa shape index (κ1) is 12.4. The second-order valence-corrected chi connectivity index (χ2v) is 5.83. The van der Waals surface area contributed by atoms with Crippen molar-refractivity contribution in [2.24, 2.45) is 10.9 Å². The summed E-state index contributed by atoms with van der Waals surface area (Å²) in [6.45, 7) is 4.20. The van der Waals surface area contributed by atoms with E-state index in [1.54, 1.807) is 11.8 Å². The largest absolute Gasteiger partial charge is 0.409 e. The van der Waals surface area contributed by atoms with Gasteiger partial charge in [-0.1, -0.05) is 34.9 Å². The molecular weight excluding hydrogens is 276 g/mol. The molecule has 82 valence electrons. The summed E-state index contributed by atoms with van der Waals surface area (Å²) in [7, 11) is 0. The summed E-state index contributed by atoms with van der Waals surface area (Å²) in [4.78, 5) is 1.01. The average Bonchev–Trinajstić information content (AvgIpc) is 2.16. The smallest absolute Gasteiger partial charge is 0.171 e. The molecule has 0 bridgehead atoms. The molecular formula is C10H13BrN2OS. The van der Waals surface area contributed by atoms with Gasteiger partial charge in [-0.15, -0.1) is 11.8 Å². The van der Waals surface area contributed by atoms with Gasteiger partial charge in [-0.05, 0) is 18.2 Å². The van der Waals surface area contributed by atoms with Crippen molar-refractivity contribution < 1.29 is 5.21 Å². The van der Waals surface area contributed by atoms with Gasteiger partial charge in [0.15, 0.2) is 5.84 Å². The van der Waals surface area contributed by atoms with Gasteiger partial charge in [-0.25, -0.2) is 0 Å². The number of thioether (sulfide) groups is 1. The zero-order chi connectivity index (χ0) is 11.4. The molecule has 3 N–H and O–H groups in total. The second-order valence-electron chi connectivity index (χ2n) is 3.29. The monoisotopic (exact) mass is 288 g/mol. The number of oxime groups is 1. The molecule has 1 rings (SSSR count). The van der Waals surface area contributed by atoms with E-state index in [0.717, 1.165) is 14.9 Å². The maximum atomic E-state index is 8.66. The van der Waals surface area contributed by atoms with E-state index in [1.807, 2.05) is 18.2 Å². The molecule has 0 radical (unpaired) electrons. The van der Waals surface area contributed by atoms with Crippen LogP contribution < -0.4 is 5.73 Å². The zero-order valence-corrected chi connectivity index (χ0v) is 11.0. The Kier molecular flexibility index (Phi) is 4.47. The van der Waals surface area contributed by atoms with Gasteiger partial charge in [0.25, 0.3) is 0 Å². The lowest BCUT2D eigenvalue weighted by Gasteiger charge is -2.10. The quantitative estimate of drug-likeness (QED) is 0.295. The highest BCUT2D eigenvalue weighted by Gasteiger charge is 2.09. The van der Waals surface area contributed by atoms with Gasteiger partial charge in [-0.3, -0.25) is 0 Å². The summed E-state index contributed by atoms with van der Waals surface area (Å²) in [5.41, 5.74) is 6.36. The van der Waals surface area contributed by atoms with Crippen LogP contribution in [0.2, 0.25) is 0 Å². The number of rotatable bonds is 3. The molecule has 0 unspecified atom stereocenters. The van der Waals surface area contributed by atoms with Crippen molar-refractivity contribution in [3.8, 4) is 0 Å². The van der Waals surface area contributed by atoms with E-state index in [2.05, 4.69) is 34.9 Å². The van der Waals surface area contributed by atoms with E-state index in [0.29, 0.717) is 5.25 Å². The van der Waals surface area contributed by atoms with Gasteiger partial charge >= 0.3 is 0 Å². The molecule has 5 heteroatoms. The van der Waals surface area contributed by atoms with Crippen LogP contribution in [0.3, 0.4) is 0 Å². The lowest BCUT2D eigenvalue weighted by molar-refractivity contribution is 0.318. The Morgan fingerprint density at radius 2 is 2.20 bits per heavy atom. The Morgan fingerprint density at radius 1 is 1.53 bits per heavy atom. The normalized spacial score (nSPS) is 12.1. The van der Waals surface area contributed by atoms with Gasteiger partial charge in [0, 0.05) is 20.2 Å². The first-order valence-corrected chi connectivity index (χ1v) is 6.16. The average molecular weight is 289 g/mol. The molecule has 0 heterocycles. The minimum Gasteiger partial charge on any atom is -0.409 e. The van der Waals surface area contributed by atoms with Crippen molar-refractivity contribution >= 4 is 33.5 Å². The fraction of sp³-hybridized carbons (Fsp3) is 0.300. The number of nitrogens with zero attached hydrogens (tertiary/aromatic N) is 1. The fourth-order valence-electron chi connectivity index (χ4n) is 1.11. The van der Waals surface area contributed by atoms with E-state index < -0.39 is 0 Å². The molecule has 0 aliphatic rings. The molecule has 0 spiro atoms. The third kappa shape index (κ3) is 3.43. The van der Waals surface area contributed by atoms with Gasteiger partial charge in [0.05, 0.1) is 0 Å². The van der Waals surface area contributed by atoms with Crippen LogP contribution in [-0.4, -0.2) is 16.3 Å². The van der Waals surface area contributed by atoms with Crippen molar-refractivity contribution in [1.29, 1.82) is 0 Å². The molecule has 0 aliphatic carbocycles. The van der Waals surface area contributed by atoms with Crippen LogP contribution in [0, 0.1) is 0 Å². The Bertz CT molecular complexity index is 380. The summed E-state index contributed by atoms with van der Waals surface area (Å²) in [5.74, 6) is 0.144. The van der Waals surface area contributed by atoms with Crippen LogP contribution >= 0.6 is 27.7 Å². The van der Waals surface area contributed by atoms with Crippen molar-refractivity contribution in [3.63, 3.8) is 0 Å². The Balaban J connectivity index is 3.14. The highest BCUT2D eigenvalue weighted by molar-refractivity contribution is 9.10. The molecule has 1 aromatic rings. The number of hydrogen-bond donors (Lipinski definition) is 2. The molecule has 0 fully saturated rings. The van der Waals surface area contributed by atoms with E-state index in [-0.39, 0.29) is 5.84 Å². The molecule has 0 atom stereocenters. The summed E-state index contributed by atoms with van der Waals surface area (Å²) < 4.78 is 0.986. The minimum atomic E-state index is 0.144. The highest BCUT2D eigenvalue weighted by atomic mass is 79.9. The molecule has 0 aliphatic heterocycles. The molecule has 0 aromatic heterocycles. The lowest BCUT2D eigenvalue weighted by atomic mass is 10.2. The van der Waals surface area contributed by atoms with E-state index in [9.17, 15) is 0 Å². The first-order chi connectivity index (χ1) is 7.04. The lowest BCUT2D eigenvalue weighted by Crippen LogP contribution is -2.14. The van der Waals surface area contributed by atoms with Gasteiger partial charge in [0.1, 0.15) is 0 Å². The summed E-state index contributed by atoms with van der Waals surface area (Å²) in [5, 5.41) is 12.1. The van der Waals surface area contributed by atoms with Crippen LogP contribution in [-0.2, 0) is 0 Å². The van der Waals surface area contributed by atoms with E-state index >= 15 is 0 Å². The van der Waals surface area contributed by atoms with Crippen LogP contribution in [0.5, 0.6) is 0 Å². The molecule has 0 amide bonds. The fourth-order valence-corrected chi connectivity index (χ4v) is 2.63. The molecule has 0 saturated carbocycles. The zero-order valence-electron chi connectivity index (χ0n) is 8.57. The van der Waals surface area contributed by atoms with Crippen LogP contribution in [0.25, 0.3) is 0 Å². The summed E-state index contributed by atoms with van der Waals surface area (Å²) >= 11 is 5.08. The van der Waals surface area contributed by atoms with E-state index in [4.69, 9.17) is 10.9 Å². The SMILES string of the molecule is CC(C)Sc1cc(Br)ccc1/C(N)=N/O. The van der Waals surface area contributed by atoms with E-state index in [1.165, 1.54) is 0 Å². The second kappa shape index (κ2) is 5.42. The minimum absolute atomic E-state index is 0.144. The first-order valence-electron chi connectivity index (χ1n) is 4.48. The standard InChI is InChI=1S/C10H13BrN2OS/c1-6(2)15-9-5-7(11)3-4-8(9)10(12)13-14/h3-6,14H,1-2H3,(H2,12,13). The molecule has 15 heavy (non-hydrogen) atoms. The number of nitrogens with two attached hydrogens (primary N) is 1. The third-order valence-electron chi connectivity index (χ3n) is 1.69. The molecule has 0 saturated heterocycles. The maximum absolute atomic E-state index is 8.66. The summed E-state index contributed by atoms with van der Waals surface area (Å²) in [6, 6.07) is 5.68. The Labute approximate surface area is 102 Å². The van der Waals surface area contributed by atoms with Gasteiger partial charge < -0.3 is 10.9 Å². The van der Waals surface area contributed by atoms with Crippen LogP contribution in [0.1, 0.15) is 19.4 Å². The van der Waals surface area contributed by atoms with Crippen molar-refractivity contribution in [3.05, 3.63) is 28.2 Å². The molecule has 1 aromatic carbocycles. The van der Waals surface area contributed by atoms with Crippen molar-refractivity contribution in [1.82, 2.24) is 0 Å². The predicted molar refractivity (Wildman–Crippen MR) is 67.6 cm³/mol. The van der Waals surface area contributed by atoms with Gasteiger partial charge in [0.2, 0.25) is 0 Å². The predicted octanol–water partition coefficient (Wildman–Crippen LogP) is 3.04. The van der Waals surface area contributed by atoms with Crippen molar-refractivity contribution in [2.75, 3.05) is 0 Å². The van der Waals surface area contributed by atoms with Crippen molar-refractivity contribution in [2.45, 2.75) is 24.0 Å². The third-order valence-corrected chi connectivity index (χ3v) is 3.25. The van der Waals surface area contributed by atoms with Crippen LogP contribution in [0.15, 0.2) is 32.7 Å². The number of hydrogen-bond acceptors (Lipinski definition) is 3. The number of halogens is 1. The Hall–Kier alpha value is -0.680. The van der Waals surface area contributed by atoms with Gasteiger partial charge in [-0.2, -0.15) is 0 Å². The molecule has 3 nitrogen and oxygen atoms in total. The highest BCUT2D eigenvalue weighted by Crippen LogP contribution is 2.29.